The molecule has 0 aromatic heterocycles. The number of fused-ring (bicyclic) bond motifs is 1. The smallest absolute Gasteiger partial charge is 0.326 e. The zero-order chi connectivity index (χ0) is 20.8. The SMILES string of the molecule is CCOC(=O)[C@]1(C)N[C@H](c2ccc(F)cc2)[C@@H]2C(=O)N(c3ccccc3)C(=O)[C@H]21. The van der Waals surface area contributed by atoms with Crippen molar-refractivity contribution in [3.8, 4) is 0 Å². The van der Waals surface area contributed by atoms with Crippen LogP contribution in [-0.2, 0) is 19.1 Å². The number of imide groups is 1. The molecule has 0 unspecified atom stereocenters. The second kappa shape index (κ2) is 7.08. The summed E-state index contributed by atoms with van der Waals surface area (Å²) in [6.45, 7) is 3.42. The first-order valence-corrected chi connectivity index (χ1v) is 9.51. The fourth-order valence-electron chi connectivity index (χ4n) is 4.40. The number of carbonyl (C=O) groups excluding carboxylic acids is 3. The van der Waals surface area contributed by atoms with Crippen molar-refractivity contribution in [2.24, 2.45) is 11.8 Å². The van der Waals surface area contributed by atoms with Gasteiger partial charge in [-0.3, -0.25) is 19.7 Å². The van der Waals surface area contributed by atoms with Crippen LogP contribution in [-0.4, -0.2) is 29.9 Å². The summed E-state index contributed by atoms with van der Waals surface area (Å²) in [5.74, 6) is -3.56. The van der Waals surface area contributed by atoms with Crippen molar-refractivity contribution >= 4 is 23.5 Å². The fourth-order valence-corrected chi connectivity index (χ4v) is 4.40. The minimum absolute atomic E-state index is 0.152. The van der Waals surface area contributed by atoms with E-state index in [4.69, 9.17) is 4.74 Å². The maximum Gasteiger partial charge on any atom is 0.326 e. The normalized spacial score (nSPS) is 28.5. The van der Waals surface area contributed by atoms with Crippen LogP contribution >= 0.6 is 0 Å². The Bertz CT molecular complexity index is 963. The van der Waals surface area contributed by atoms with Crippen molar-refractivity contribution in [2.75, 3.05) is 11.5 Å². The molecule has 0 spiro atoms. The predicted molar refractivity (Wildman–Crippen MR) is 103 cm³/mol. The van der Waals surface area contributed by atoms with E-state index in [9.17, 15) is 18.8 Å². The summed E-state index contributed by atoms with van der Waals surface area (Å²) in [5, 5.41) is 3.16. The summed E-state index contributed by atoms with van der Waals surface area (Å²) in [6, 6.07) is 13.7. The van der Waals surface area contributed by atoms with E-state index in [1.54, 1.807) is 56.3 Å². The minimum Gasteiger partial charge on any atom is -0.465 e. The third-order valence-electron chi connectivity index (χ3n) is 5.73. The van der Waals surface area contributed by atoms with Crippen molar-refractivity contribution in [1.29, 1.82) is 0 Å². The molecule has 2 fully saturated rings. The fraction of sp³-hybridized carbons (Fsp3) is 0.318. The molecule has 6 nitrogen and oxygen atoms in total. The first-order chi connectivity index (χ1) is 13.9. The van der Waals surface area contributed by atoms with Crippen LogP contribution in [0.1, 0.15) is 25.5 Å². The van der Waals surface area contributed by atoms with Crippen molar-refractivity contribution in [2.45, 2.75) is 25.4 Å². The zero-order valence-corrected chi connectivity index (χ0v) is 16.1. The minimum atomic E-state index is -1.38. The van der Waals surface area contributed by atoms with Gasteiger partial charge in [0.05, 0.1) is 24.1 Å². The Balaban J connectivity index is 1.81. The van der Waals surface area contributed by atoms with Crippen molar-refractivity contribution < 1.29 is 23.5 Å². The Hall–Kier alpha value is -3.06. The number of anilines is 1. The van der Waals surface area contributed by atoms with Gasteiger partial charge in [0.15, 0.2) is 0 Å². The summed E-state index contributed by atoms with van der Waals surface area (Å²) in [6.07, 6.45) is 0. The van der Waals surface area contributed by atoms with E-state index in [-0.39, 0.29) is 12.5 Å². The van der Waals surface area contributed by atoms with Crippen LogP contribution < -0.4 is 10.2 Å². The number of halogens is 1. The molecular formula is C22H21FN2O4. The summed E-state index contributed by atoms with van der Waals surface area (Å²) >= 11 is 0. The van der Waals surface area contributed by atoms with Crippen LogP contribution in [0.4, 0.5) is 10.1 Å². The lowest BCUT2D eigenvalue weighted by Gasteiger charge is -2.29. The second-order valence-corrected chi connectivity index (χ2v) is 7.45. The zero-order valence-electron chi connectivity index (χ0n) is 16.1. The molecule has 2 aromatic carbocycles. The average molecular weight is 396 g/mol. The van der Waals surface area contributed by atoms with Gasteiger partial charge in [0, 0.05) is 6.04 Å². The Morgan fingerprint density at radius 2 is 1.76 bits per heavy atom. The molecule has 2 saturated heterocycles. The molecule has 2 aliphatic rings. The van der Waals surface area contributed by atoms with Gasteiger partial charge in [0.1, 0.15) is 11.4 Å². The van der Waals surface area contributed by atoms with Crippen LogP contribution in [0.3, 0.4) is 0 Å². The molecule has 2 amide bonds. The number of ether oxygens (including phenoxy) is 1. The van der Waals surface area contributed by atoms with E-state index in [0.29, 0.717) is 11.3 Å². The number of hydrogen-bond donors (Lipinski definition) is 1. The molecular weight excluding hydrogens is 375 g/mol. The van der Waals surface area contributed by atoms with Gasteiger partial charge in [0.25, 0.3) is 0 Å². The molecule has 0 bridgehead atoms. The van der Waals surface area contributed by atoms with E-state index in [1.165, 1.54) is 12.1 Å². The van der Waals surface area contributed by atoms with E-state index in [0.717, 1.165) is 4.90 Å². The van der Waals surface area contributed by atoms with E-state index in [1.807, 2.05) is 0 Å². The summed E-state index contributed by atoms with van der Waals surface area (Å²) < 4.78 is 18.6. The number of amides is 2. The standard InChI is InChI=1S/C22H21FN2O4/c1-3-29-21(28)22(2)17-16(18(24-22)13-9-11-14(23)12-10-13)19(26)25(20(17)27)15-7-5-4-6-8-15/h4-12,16-18,24H,3H2,1-2H3/t16-,17+,18-,22-/m1/s1. The van der Waals surface area contributed by atoms with Crippen molar-refractivity contribution in [1.82, 2.24) is 5.32 Å². The number of hydrogen-bond acceptors (Lipinski definition) is 5. The first kappa shape index (κ1) is 19.3. The third-order valence-corrected chi connectivity index (χ3v) is 5.73. The number of nitrogens with one attached hydrogen (secondary N) is 1. The Labute approximate surface area is 167 Å². The second-order valence-electron chi connectivity index (χ2n) is 7.45. The van der Waals surface area contributed by atoms with Crippen LogP contribution in [0.25, 0.3) is 0 Å². The number of esters is 1. The van der Waals surface area contributed by atoms with E-state index >= 15 is 0 Å². The summed E-state index contributed by atoms with van der Waals surface area (Å²) in [7, 11) is 0. The maximum absolute atomic E-state index is 13.4. The molecule has 0 radical (unpaired) electrons. The highest BCUT2D eigenvalue weighted by molar-refractivity contribution is 6.24. The Morgan fingerprint density at radius 1 is 1.10 bits per heavy atom. The summed E-state index contributed by atoms with van der Waals surface area (Å²) in [4.78, 5) is 40.7. The number of para-hydroxylation sites is 1. The van der Waals surface area contributed by atoms with Gasteiger partial charge in [-0.05, 0) is 43.7 Å². The van der Waals surface area contributed by atoms with Gasteiger partial charge >= 0.3 is 5.97 Å². The highest BCUT2D eigenvalue weighted by Crippen LogP contribution is 2.49. The lowest BCUT2D eigenvalue weighted by atomic mass is 9.80. The van der Waals surface area contributed by atoms with Gasteiger partial charge < -0.3 is 4.74 Å². The van der Waals surface area contributed by atoms with E-state index in [2.05, 4.69) is 5.32 Å². The lowest BCUT2D eigenvalue weighted by molar-refractivity contribution is -0.153. The largest absolute Gasteiger partial charge is 0.465 e. The highest BCUT2D eigenvalue weighted by Gasteiger charge is 2.67. The van der Waals surface area contributed by atoms with Crippen LogP contribution in [0.2, 0.25) is 0 Å². The molecule has 2 heterocycles. The topological polar surface area (TPSA) is 75.7 Å². The average Bonchev–Trinajstić information content (AvgIpc) is 3.17. The predicted octanol–water partition coefficient (Wildman–Crippen LogP) is 2.60. The van der Waals surface area contributed by atoms with Gasteiger partial charge in [-0.1, -0.05) is 30.3 Å². The van der Waals surface area contributed by atoms with Gasteiger partial charge in [-0.15, -0.1) is 0 Å². The Kier molecular flexibility index (Phi) is 4.70. The third kappa shape index (κ3) is 2.93. The molecule has 1 N–H and O–H groups in total. The molecule has 2 aliphatic heterocycles. The first-order valence-electron chi connectivity index (χ1n) is 9.51. The highest BCUT2D eigenvalue weighted by atomic mass is 19.1. The van der Waals surface area contributed by atoms with Crippen molar-refractivity contribution in [3.63, 3.8) is 0 Å². The molecule has 29 heavy (non-hydrogen) atoms. The molecule has 7 heteroatoms. The molecule has 150 valence electrons. The quantitative estimate of drug-likeness (QED) is 0.635. The number of carbonyl (C=O) groups is 3. The van der Waals surface area contributed by atoms with Crippen LogP contribution in [0.15, 0.2) is 54.6 Å². The number of nitrogens with zero attached hydrogens (tertiary/aromatic N) is 1. The lowest BCUT2D eigenvalue weighted by Crippen LogP contribution is -2.54. The van der Waals surface area contributed by atoms with Gasteiger partial charge in [-0.25, -0.2) is 9.29 Å². The van der Waals surface area contributed by atoms with Gasteiger partial charge in [-0.2, -0.15) is 0 Å². The molecule has 2 aromatic rings. The maximum atomic E-state index is 13.4. The van der Waals surface area contributed by atoms with E-state index < -0.39 is 41.1 Å². The number of benzene rings is 2. The monoisotopic (exact) mass is 396 g/mol. The van der Waals surface area contributed by atoms with Crippen LogP contribution in [0.5, 0.6) is 0 Å². The molecule has 0 aliphatic carbocycles. The van der Waals surface area contributed by atoms with Crippen LogP contribution in [0, 0.1) is 17.7 Å². The number of rotatable bonds is 4. The van der Waals surface area contributed by atoms with Crippen molar-refractivity contribution in [3.05, 3.63) is 66.0 Å². The molecule has 4 rings (SSSR count). The summed E-state index contributed by atoms with van der Waals surface area (Å²) in [5.41, 5.74) is -0.290. The molecule has 4 atom stereocenters. The Morgan fingerprint density at radius 3 is 2.38 bits per heavy atom. The van der Waals surface area contributed by atoms with Gasteiger partial charge in [0.2, 0.25) is 11.8 Å². The molecule has 0 saturated carbocycles.